The average Bonchev–Trinajstić information content (AvgIpc) is 2.51. The van der Waals surface area contributed by atoms with Crippen LogP contribution in [0.5, 0.6) is 0 Å². The lowest BCUT2D eigenvalue weighted by Gasteiger charge is -2.41. The standard InChI is InChI=1S/C16H22Cl2N2O2/c1-11(20-8-4-7-16(2,9-20)10-21)15(22)19-13-6-3-5-12(17)14(13)18/h3,5-6,11,21H,4,7-10H2,1-2H3,(H,19,22). The molecule has 2 N–H and O–H groups in total. The van der Waals surface area contributed by atoms with Crippen LogP contribution in [0.2, 0.25) is 10.0 Å². The Balaban J connectivity index is 2.04. The third-order valence-electron chi connectivity index (χ3n) is 4.33. The summed E-state index contributed by atoms with van der Waals surface area (Å²) in [5.74, 6) is -0.119. The summed E-state index contributed by atoms with van der Waals surface area (Å²) in [6.45, 7) is 5.63. The normalized spacial score (nSPS) is 24.0. The summed E-state index contributed by atoms with van der Waals surface area (Å²) < 4.78 is 0. The number of amides is 1. The molecule has 0 bridgehead atoms. The maximum Gasteiger partial charge on any atom is 0.241 e. The molecule has 1 aliphatic heterocycles. The van der Waals surface area contributed by atoms with Crippen LogP contribution < -0.4 is 5.32 Å². The van der Waals surface area contributed by atoms with Crippen LogP contribution in [0.1, 0.15) is 26.7 Å². The molecular weight excluding hydrogens is 323 g/mol. The minimum absolute atomic E-state index is 0.119. The Kier molecular flexibility index (Phi) is 5.72. The molecule has 0 aromatic heterocycles. The third kappa shape index (κ3) is 3.93. The summed E-state index contributed by atoms with van der Waals surface area (Å²) in [6.07, 6.45) is 1.96. The fraction of sp³-hybridized carbons (Fsp3) is 0.562. The fourth-order valence-electron chi connectivity index (χ4n) is 2.82. The maximum atomic E-state index is 12.5. The Hall–Kier alpha value is -0.810. The molecule has 0 radical (unpaired) electrons. The topological polar surface area (TPSA) is 52.6 Å². The highest BCUT2D eigenvalue weighted by Gasteiger charge is 2.34. The second kappa shape index (κ2) is 7.18. The second-order valence-electron chi connectivity index (χ2n) is 6.31. The van der Waals surface area contributed by atoms with Crippen LogP contribution in [0, 0.1) is 5.41 Å². The van der Waals surface area contributed by atoms with E-state index in [1.165, 1.54) is 0 Å². The van der Waals surface area contributed by atoms with Crippen LogP contribution >= 0.6 is 23.2 Å². The lowest BCUT2D eigenvalue weighted by Crippen LogP contribution is -2.51. The van der Waals surface area contributed by atoms with Gasteiger partial charge in [-0.05, 0) is 38.4 Å². The van der Waals surface area contributed by atoms with E-state index in [2.05, 4.69) is 17.1 Å². The molecule has 4 nitrogen and oxygen atoms in total. The zero-order valence-corrected chi connectivity index (χ0v) is 14.4. The molecule has 1 aromatic rings. The van der Waals surface area contributed by atoms with Gasteiger partial charge in [-0.3, -0.25) is 9.69 Å². The number of anilines is 1. The van der Waals surface area contributed by atoms with E-state index < -0.39 is 0 Å². The van der Waals surface area contributed by atoms with Gasteiger partial charge >= 0.3 is 0 Å². The molecule has 1 fully saturated rings. The Labute approximate surface area is 141 Å². The van der Waals surface area contributed by atoms with Gasteiger partial charge in [-0.1, -0.05) is 36.2 Å². The van der Waals surface area contributed by atoms with E-state index >= 15 is 0 Å². The van der Waals surface area contributed by atoms with Crippen LogP contribution in [0.4, 0.5) is 5.69 Å². The molecule has 1 amide bonds. The smallest absolute Gasteiger partial charge is 0.241 e. The molecule has 0 aliphatic carbocycles. The van der Waals surface area contributed by atoms with Crippen molar-refractivity contribution in [2.75, 3.05) is 25.0 Å². The molecule has 1 heterocycles. The number of carbonyl (C=O) groups is 1. The Morgan fingerprint density at radius 1 is 1.50 bits per heavy atom. The van der Waals surface area contributed by atoms with E-state index in [1.807, 2.05) is 6.92 Å². The van der Waals surface area contributed by atoms with Crippen molar-refractivity contribution >= 4 is 34.8 Å². The first-order chi connectivity index (χ1) is 10.4. The summed E-state index contributed by atoms with van der Waals surface area (Å²) in [6, 6.07) is 4.87. The van der Waals surface area contributed by atoms with E-state index in [0.717, 1.165) is 19.4 Å². The monoisotopic (exact) mass is 344 g/mol. The first kappa shape index (κ1) is 17.5. The van der Waals surface area contributed by atoms with Gasteiger partial charge in [0.2, 0.25) is 5.91 Å². The Bertz CT molecular complexity index is 553. The quantitative estimate of drug-likeness (QED) is 0.879. The van der Waals surface area contributed by atoms with Crippen molar-refractivity contribution in [3.8, 4) is 0 Å². The van der Waals surface area contributed by atoms with Crippen LogP contribution in [0.15, 0.2) is 18.2 Å². The van der Waals surface area contributed by atoms with E-state index in [-0.39, 0.29) is 24.0 Å². The molecule has 22 heavy (non-hydrogen) atoms. The summed E-state index contributed by atoms with van der Waals surface area (Å²) in [7, 11) is 0. The highest BCUT2D eigenvalue weighted by Crippen LogP contribution is 2.31. The first-order valence-electron chi connectivity index (χ1n) is 7.46. The van der Waals surface area contributed by atoms with Crippen molar-refractivity contribution < 1.29 is 9.90 Å². The largest absolute Gasteiger partial charge is 0.396 e. The van der Waals surface area contributed by atoms with Crippen molar-refractivity contribution in [3.63, 3.8) is 0 Å². The van der Waals surface area contributed by atoms with Crippen molar-refractivity contribution in [2.24, 2.45) is 5.41 Å². The molecule has 0 saturated carbocycles. The summed E-state index contributed by atoms with van der Waals surface area (Å²) in [5, 5.41) is 13.1. The molecule has 122 valence electrons. The van der Waals surface area contributed by atoms with Gasteiger partial charge < -0.3 is 10.4 Å². The van der Waals surface area contributed by atoms with E-state index in [1.54, 1.807) is 18.2 Å². The lowest BCUT2D eigenvalue weighted by atomic mass is 9.82. The van der Waals surface area contributed by atoms with Gasteiger partial charge in [0.25, 0.3) is 0 Å². The zero-order chi connectivity index (χ0) is 16.3. The molecular formula is C16H22Cl2N2O2. The van der Waals surface area contributed by atoms with Gasteiger partial charge in [0, 0.05) is 18.6 Å². The fourth-order valence-corrected chi connectivity index (χ4v) is 3.17. The predicted octanol–water partition coefficient (Wildman–Crippen LogP) is 3.41. The molecule has 2 unspecified atom stereocenters. The first-order valence-corrected chi connectivity index (χ1v) is 8.22. The van der Waals surface area contributed by atoms with E-state index in [4.69, 9.17) is 23.2 Å². The molecule has 0 spiro atoms. The highest BCUT2D eigenvalue weighted by molar-refractivity contribution is 6.44. The van der Waals surface area contributed by atoms with Gasteiger partial charge in [-0.2, -0.15) is 0 Å². The minimum Gasteiger partial charge on any atom is -0.396 e. The molecule has 6 heteroatoms. The van der Waals surface area contributed by atoms with Crippen molar-refractivity contribution in [1.82, 2.24) is 4.90 Å². The van der Waals surface area contributed by atoms with Gasteiger partial charge in [0.1, 0.15) is 0 Å². The van der Waals surface area contributed by atoms with Gasteiger partial charge in [-0.15, -0.1) is 0 Å². The van der Waals surface area contributed by atoms with Crippen LogP contribution in [-0.4, -0.2) is 41.7 Å². The van der Waals surface area contributed by atoms with Gasteiger partial charge in [0.15, 0.2) is 0 Å². The van der Waals surface area contributed by atoms with Crippen LogP contribution in [0.3, 0.4) is 0 Å². The van der Waals surface area contributed by atoms with Gasteiger partial charge in [0.05, 0.1) is 21.8 Å². The number of aliphatic hydroxyl groups excluding tert-OH is 1. The minimum atomic E-state index is -0.291. The average molecular weight is 345 g/mol. The number of nitrogens with zero attached hydrogens (tertiary/aromatic N) is 1. The summed E-state index contributed by atoms with van der Waals surface area (Å²) in [5.41, 5.74) is 0.383. The van der Waals surface area contributed by atoms with E-state index in [0.29, 0.717) is 22.3 Å². The predicted molar refractivity (Wildman–Crippen MR) is 90.6 cm³/mol. The SMILES string of the molecule is CC(C(=O)Nc1cccc(Cl)c1Cl)N1CCCC(C)(CO)C1. The summed E-state index contributed by atoms with van der Waals surface area (Å²) >= 11 is 12.1. The number of benzene rings is 1. The van der Waals surface area contributed by atoms with Crippen LogP contribution in [0.25, 0.3) is 0 Å². The molecule has 2 atom stereocenters. The molecule has 1 aromatic carbocycles. The van der Waals surface area contributed by atoms with Crippen molar-refractivity contribution in [1.29, 1.82) is 0 Å². The number of aliphatic hydroxyl groups is 1. The zero-order valence-electron chi connectivity index (χ0n) is 12.9. The number of hydrogen-bond acceptors (Lipinski definition) is 3. The Morgan fingerprint density at radius 2 is 2.23 bits per heavy atom. The highest BCUT2D eigenvalue weighted by atomic mass is 35.5. The number of likely N-dealkylation sites (tertiary alicyclic amines) is 1. The van der Waals surface area contributed by atoms with Gasteiger partial charge in [-0.25, -0.2) is 0 Å². The Morgan fingerprint density at radius 3 is 2.91 bits per heavy atom. The third-order valence-corrected chi connectivity index (χ3v) is 5.15. The lowest BCUT2D eigenvalue weighted by molar-refractivity contribution is -0.122. The van der Waals surface area contributed by atoms with Crippen molar-refractivity contribution in [2.45, 2.75) is 32.7 Å². The molecule has 1 aliphatic rings. The number of rotatable bonds is 4. The number of hydrogen-bond donors (Lipinski definition) is 2. The van der Waals surface area contributed by atoms with Crippen LogP contribution in [-0.2, 0) is 4.79 Å². The molecule has 2 rings (SSSR count). The number of piperidine rings is 1. The molecule has 1 saturated heterocycles. The number of halogens is 2. The maximum absolute atomic E-state index is 12.5. The number of nitrogens with one attached hydrogen (secondary N) is 1. The summed E-state index contributed by atoms with van der Waals surface area (Å²) in [4.78, 5) is 14.6. The van der Waals surface area contributed by atoms with E-state index in [9.17, 15) is 9.90 Å². The number of carbonyl (C=O) groups excluding carboxylic acids is 1. The van der Waals surface area contributed by atoms with Crippen molar-refractivity contribution in [3.05, 3.63) is 28.2 Å². The second-order valence-corrected chi connectivity index (χ2v) is 7.09.